The van der Waals surface area contributed by atoms with E-state index in [1.165, 1.54) is 11.8 Å². The van der Waals surface area contributed by atoms with E-state index in [4.69, 9.17) is 9.47 Å². The van der Waals surface area contributed by atoms with E-state index < -0.39 is 0 Å². The van der Waals surface area contributed by atoms with Gasteiger partial charge in [-0.15, -0.1) is 11.8 Å². The molecule has 2 rings (SSSR count). The molecule has 128 valence electrons. The maximum atomic E-state index is 12.4. The highest BCUT2D eigenvalue weighted by Crippen LogP contribution is 2.33. The van der Waals surface area contributed by atoms with Gasteiger partial charge in [-0.3, -0.25) is 4.79 Å². The summed E-state index contributed by atoms with van der Waals surface area (Å²) in [5.74, 6) is 1.28. The van der Waals surface area contributed by atoms with E-state index in [-0.39, 0.29) is 11.2 Å². The van der Waals surface area contributed by atoms with Crippen molar-refractivity contribution in [1.82, 2.24) is 0 Å². The molecule has 0 aliphatic carbocycles. The molecule has 2 aromatic carbocycles. The second kappa shape index (κ2) is 8.44. The van der Waals surface area contributed by atoms with E-state index in [9.17, 15) is 4.79 Å². The Hall–Kier alpha value is -1.66. The molecule has 0 radical (unpaired) electrons. The fourth-order valence-electron chi connectivity index (χ4n) is 2.11. The van der Waals surface area contributed by atoms with Crippen LogP contribution in [0.1, 0.15) is 12.5 Å². The molecule has 0 saturated heterocycles. The number of methoxy groups -OCH3 is 2. The smallest absolute Gasteiger partial charge is 0.237 e. The Morgan fingerprint density at radius 1 is 1.12 bits per heavy atom. The van der Waals surface area contributed by atoms with Crippen LogP contribution < -0.4 is 14.8 Å². The number of carbonyl (C=O) groups is 1. The van der Waals surface area contributed by atoms with Crippen LogP contribution in [0.5, 0.6) is 11.5 Å². The third-order valence-corrected chi connectivity index (χ3v) is 5.45. The highest BCUT2D eigenvalue weighted by Gasteiger charge is 2.16. The van der Waals surface area contributed by atoms with Crippen LogP contribution in [0, 0.1) is 6.92 Å². The molecule has 0 saturated carbocycles. The summed E-state index contributed by atoms with van der Waals surface area (Å²) in [7, 11) is 3.19. The third-order valence-electron chi connectivity index (χ3n) is 3.46. The van der Waals surface area contributed by atoms with E-state index in [2.05, 4.69) is 21.2 Å². The first-order valence-corrected chi connectivity index (χ1v) is 9.07. The molecule has 24 heavy (non-hydrogen) atoms. The lowest BCUT2D eigenvalue weighted by Gasteiger charge is -2.14. The zero-order valence-corrected chi connectivity index (χ0v) is 16.5. The minimum absolute atomic E-state index is 0.0449. The average molecular weight is 410 g/mol. The Bertz CT molecular complexity index is 736. The predicted octanol–water partition coefficient (Wildman–Crippen LogP) is 4.89. The second-order valence-corrected chi connectivity index (χ2v) is 7.50. The van der Waals surface area contributed by atoms with E-state index in [0.29, 0.717) is 11.5 Å². The number of carbonyl (C=O) groups excluding carboxylic acids is 1. The lowest BCUT2D eigenvalue weighted by atomic mass is 10.2. The van der Waals surface area contributed by atoms with Crippen LogP contribution in [0.2, 0.25) is 0 Å². The van der Waals surface area contributed by atoms with Crippen LogP contribution in [0.3, 0.4) is 0 Å². The van der Waals surface area contributed by atoms with Crippen LogP contribution in [-0.4, -0.2) is 25.4 Å². The Morgan fingerprint density at radius 3 is 2.46 bits per heavy atom. The highest BCUT2D eigenvalue weighted by atomic mass is 79.9. The van der Waals surface area contributed by atoms with Crippen molar-refractivity contribution in [2.75, 3.05) is 19.5 Å². The molecule has 1 N–H and O–H groups in total. The fraction of sp³-hybridized carbons (Fsp3) is 0.278. The highest BCUT2D eigenvalue weighted by molar-refractivity contribution is 9.10. The van der Waals surface area contributed by atoms with Gasteiger partial charge in [0.1, 0.15) is 0 Å². The maximum Gasteiger partial charge on any atom is 0.237 e. The van der Waals surface area contributed by atoms with Crippen LogP contribution >= 0.6 is 27.7 Å². The summed E-state index contributed by atoms with van der Waals surface area (Å²) in [5, 5.41) is 2.70. The van der Waals surface area contributed by atoms with E-state index in [1.807, 2.05) is 50.2 Å². The summed E-state index contributed by atoms with van der Waals surface area (Å²) in [6.45, 7) is 3.87. The number of nitrogens with one attached hydrogen (secondary N) is 1. The van der Waals surface area contributed by atoms with Gasteiger partial charge in [0, 0.05) is 15.1 Å². The Kier molecular flexibility index (Phi) is 6.57. The van der Waals surface area contributed by atoms with Gasteiger partial charge >= 0.3 is 0 Å². The molecule has 0 aliphatic heterocycles. The molecule has 0 aromatic heterocycles. The van der Waals surface area contributed by atoms with E-state index in [1.54, 1.807) is 14.2 Å². The summed E-state index contributed by atoms with van der Waals surface area (Å²) in [6, 6.07) is 11.4. The van der Waals surface area contributed by atoms with Crippen LogP contribution in [0.15, 0.2) is 45.8 Å². The van der Waals surface area contributed by atoms with Crippen LogP contribution in [0.25, 0.3) is 0 Å². The minimum Gasteiger partial charge on any atom is -0.493 e. The number of benzene rings is 2. The Labute approximate surface area is 155 Å². The van der Waals surface area contributed by atoms with Crippen molar-refractivity contribution in [2.24, 2.45) is 0 Å². The Balaban J connectivity index is 2.04. The maximum absolute atomic E-state index is 12.4. The molecule has 4 nitrogen and oxygen atoms in total. The van der Waals surface area contributed by atoms with Gasteiger partial charge in [0.15, 0.2) is 11.5 Å². The molecule has 0 aliphatic rings. The normalized spacial score (nSPS) is 11.7. The molecular formula is C18H20BrNO3S. The zero-order valence-electron chi connectivity index (χ0n) is 14.1. The number of thioether (sulfide) groups is 1. The topological polar surface area (TPSA) is 47.6 Å². The third kappa shape index (κ3) is 4.68. The number of amides is 1. The second-order valence-electron chi connectivity index (χ2n) is 5.23. The molecule has 1 amide bonds. The van der Waals surface area contributed by atoms with E-state index in [0.717, 1.165) is 20.6 Å². The first-order chi connectivity index (χ1) is 11.4. The number of rotatable bonds is 6. The number of anilines is 1. The summed E-state index contributed by atoms with van der Waals surface area (Å²) in [5.41, 5.74) is 1.87. The van der Waals surface area contributed by atoms with Crippen molar-refractivity contribution >= 4 is 39.3 Å². The molecule has 0 fully saturated rings. The first kappa shape index (κ1) is 18.7. The quantitative estimate of drug-likeness (QED) is 0.689. The minimum atomic E-state index is -0.243. The molecule has 0 heterocycles. The molecule has 0 spiro atoms. The van der Waals surface area contributed by atoms with Crippen LogP contribution in [0.4, 0.5) is 5.69 Å². The molecule has 0 unspecified atom stereocenters. The average Bonchev–Trinajstić information content (AvgIpc) is 2.57. The predicted molar refractivity (Wildman–Crippen MR) is 102 cm³/mol. The van der Waals surface area contributed by atoms with Crippen molar-refractivity contribution in [3.8, 4) is 11.5 Å². The summed E-state index contributed by atoms with van der Waals surface area (Å²) in [4.78, 5) is 13.3. The largest absolute Gasteiger partial charge is 0.493 e. The van der Waals surface area contributed by atoms with Gasteiger partial charge < -0.3 is 14.8 Å². The molecule has 6 heteroatoms. The zero-order chi connectivity index (χ0) is 17.7. The molecule has 1 atom stereocenters. The summed E-state index contributed by atoms with van der Waals surface area (Å²) in [6.07, 6.45) is 0. The summed E-state index contributed by atoms with van der Waals surface area (Å²) >= 11 is 4.93. The number of ether oxygens (including phenoxy) is 2. The standard InChI is InChI=1S/C18H20BrNO3S/c1-11-9-13(5-7-15(11)19)20-18(21)12(2)24-14-6-8-16(22-3)17(10-14)23-4/h5-10,12H,1-4H3,(H,20,21)/t12-/m1/s1. The number of hydrogen-bond acceptors (Lipinski definition) is 4. The van der Waals surface area contributed by atoms with Crippen molar-refractivity contribution in [3.63, 3.8) is 0 Å². The lowest BCUT2D eigenvalue weighted by molar-refractivity contribution is -0.115. The van der Waals surface area contributed by atoms with Gasteiger partial charge in [0.2, 0.25) is 5.91 Å². The molecular weight excluding hydrogens is 390 g/mol. The van der Waals surface area contributed by atoms with Gasteiger partial charge in [-0.05, 0) is 55.8 Å². The number of hydrogen-bond donors (Lipinski definition) is 1. The van der Waals surface area contributed by atoms with Gasteiger partial charge in [-0.2, -0.15) is 0 Å². The Morgan fingerprint density at radius 2 is 1.83 bits per heavy atom. The molecule has 0 bridgehead atoms. The van der Waals surface area contributed by atoms with Crippen molar-refractivity contribution in [1.29, 1.82) is 0 Å². The van der Waals surface area contributed by atoms with Gasteiger partial charge in [0.25, 0.3) is 0 Å². The number of aryl methyl sites for hydroxylation is 1. The fourth-order valence-corrected chi connectivity index (χ4v) is 3.26. The van der Waals surface area contributed by atoms with Gasteiger partial charge in [-0.25, -0.2) is 0 Å². The van der Waals surface area contributed by atoms with Crippen molar-refractivity contribution in [3.05, 3.63) is 46.4 Å². The monoisotopic (exact) mass is 409 g/mol. The summed E-state index contributed by atoms with van der Waals surface area (Å²) < 4.78 is 11.5. The molecule has 2 aromatic rings. The van der Waals surface area contributed by atoms with Crippen LogP contribution in [-0.2, 0) is 4.79 Å². The number of halogens is 1. The van der Waals surface area contributed by atoms with Crippen molar-refractivity contribution < 1.29 is 14.3 Å². The lowest BCUT2D eigenvalue weighted by Crippen LogP contribution is -2.22. The van der Waals surface area contributed by atoms with E-state index >= 15 is 0 Å². The SMILES string of the molecule is COc1ccc(S[C@H](C)C(=O)Nc2ccc(Br)c(C)c2)cc1OC. The van der Waals surface area contributed by atoms with Gasteiger partial charge in [-0.1, -0.05) is 15.9 Å². The van der Waals surface area contributed by atoms with Gasteiger partial charge in [0.05, 0.1) is 19.5 Å². The first-order valence-electron chi connectivity index (χ1n) is 7.40. The van der Waals surface area contributed by atoms with Crippen molar-refractivity contribution in [2.45, 2.75) is 24.0 Å².